The number of piperidine rings is 1. The van der Waals surface area contributed by atoms with E-state index in [1.165, 1.54) is 0 Å². The van der Waals surface area contributed by atoms with Gasteiger partial charge < -0.3 is 10.2 Å². The number of amides is 1. The van der Waals surface area contributed by atoms with Gasteiger partial charge in [-0.05, 0) is 49.5 Å². The summed E-state index contributed by atoms with van der Waals surface area (Å²) in [7, 11) is 0. The van der Waals surface area contributed by atoms with Crippen molar-refractivity contribution in [3.05, 3.63) is 34.9 Å². The minimum atomic E-state index is -4.13. The molecule has 0 aliphatic carbocycles. The summed E-state index contributed by atoms with van der Waals surface area (Å²) < 4.78 is 37.8. The van der Waals surface area contributed by atoms with Gasteiger partial charge in [0.15, 0.2) is 0 Å². The highest BCUT2D eigenvalue weighted by Crippen LogP contribution is 2.25. The molecule has 0 spiro atoms. The number of hydrogen-bond acceptors (Lipinski definition) is 3. The van der Waals surface area contributed by atoms with E-state index in [4.69, 9.17) is 0 Å². The highest BCUT2D eigenvalue weighted by Gasteiger charge is 2.30. The van der Waals surface area contributed by atoms with E-state index in [-0.39, 0.29) is 18.4 Å². The van der Waals surface area contributed by atoms with Crippen molar-refractivity contribution in [2.24, 2.45) is 5.92 Å². The molecule has 0 saturated carbocycles. The first kappa shape index (κ1) is 19.1. The van der Waals surface area contributed by atoms with Gasteiger partial charge in [-0.15, -0.1) is 0 Å². The highest BCUT2D eigenvalue weighted by atomic mass is 79.9. The molecular weight excluding hydrogens is 411 g/mol. The fourth-order valence-corrected chi connectivity index (χ4v) is 3.49. The van der Waals surface area contributed by atoms with Gasteiger partial charge in [0, 0.05) is 28.5 Å². The third-order valence-electron chi connectivity index (χ3n) is 4.60. The van der Waals surface area contributed by atoms with Crippen molar-refractivity contribution in [1.82, 2.24) is 9.88 Å². The third-order valence-corrected chi connectivity index (χ3v) is 5.10. The number of carbonyl (C=O) groups is 1. The molecule has 1 amide bonds. The Morgan fingerprint density at radius 2 is 1.96 bits per heavy atom. The molecule has 1 aromatic heterocycles. The second-order valence-corrected chi connectivity index (χ2v) is 7.45. The van der Waals surface area contributed by atoms with Crippen molar-refractivity contribution in [3.8, 4) is 0 Å². The van der Waals surface area contributed by atoms with E-state index < -0.39 is 12.6 Å². The van der Waals surface area contributed by atoms with Gasteiger partial charge in [0.1, 0.15) is 5.82 Å². The lowest BCUT2D eigenvalue weighted by Crippen LogP contribution is -2.39. The van der Waals surface area contributed by atoms with Crippen LogP contribution in [0, 0.1) is 5.92 Å². The van der Waals surface area contributed by atoms with Crippen LogP contribution in [0.4, 0.5) is 19.0 Å². The zero-order chi connectivity index (χ0) is 18.7. The predicted octanol–water partition coefficient (Wildman–Crippen LogP) is 4.60. The third kappa shape index (κ3) is 5.17. The van der Waals surface area contributed by atoms with Gasteiger partial charge in [-0.1, -0.05) is 22.0 Å². The number of nitrogens with zero attached hydrogens (tertiary/aromatic N) is 2. The molecule has 2 heterocycles. The number of benzene rings is 1. The van der Waals surface area contributed by atoms with Crippen molar-refractivity contribution in [3.63, 3.8) is 0 Å². The molecule has 1 aliphatic rings. The lowest BCUT2D eigenvalue weighted by atomic mass is 9.96. The SMILES string of the molecule is O=C(Nc1cc2cc(Br)ccc2cn1)C1CCN(CCC(F)(F)F)CC1. The molecule has 3 rings (SSSR count). The quantitative estimate of drug-likeness (QED) is 0.772. The number of rotatable bonds is 4. The number of carbonyl (C=O) groups excluding carboxylic acids is 1. The average molecular weight is 430 g/mol. The summed E-state index contributed by atoms with van der Waals surface area (Å²) >= 11 is 3.42. The van der Waals surface area contributed by atoms with E-state index in [2.05, 4.69) is 26.2 Å². The van der Waals surface area contributed by atoms with Crippen LogP contribution in [0.25, 0.3) is 10.8 Å². The van der Waals surface area contributed by atoms with Crippen LogP contribution >= 0.6 is 15.9 Å². The molecule has 0 bridgehead atoms. The van der Waals surface area contributed by atoms with Gasteiger partial charge in [0.05, 0.1) is 6.42 Å². The van der Waals surface area contributed by atoms with Crippen LogP contribution in [0.3, 0.4) is 0 Å². The Kier molecular flexibility index (Phi) is 5.82. The Labute approximate surface area is 157 Å². The predicted molar refractivity (Wildman–Crippen MR) is 97.9 cm³/mol. The Balaban J connectivity index is 1.54. The number of pyridine rings is 1. The first-order chi connectivity index (χ1) is 12.3. The molecule has 2 aromatic rings. The number of alkyl halides is 3. The molecule has 1 N–H and O–H groups in total. The first-order valence-corrected chi connectivity index (χ1v) is 9.25. The molecule has 0 unspecified atom stereocenters. The van der Waals surface area contributed by atoms with Crippen molar-refractivity contribution in [1.29, 1.82) is 0 Å². The maximum atomic E-state index is 12.4. The van der Waals surface area contributed by atoms with Crippen LogP contribution in [0.15, 0.2) is 34.9 Å². The van der Waals surface area contributed by atoms with Crippen LogP contribution in [0.5, 0.6) is 0 Å². The molecule has 0 radical (unpaired) electrons. The average Bonchev–Trinajstić information content (AvgIpc) is 2.59. The zero-order valence-electron chi connectivity index (χ0n) is 14.0. The summed E-state index contributed by atoms with van der Waals surface area (Å²) in [6.45, 7) is 1.01. The summed E-state index contributed by atoms with van der Waals surface area (Å²) in [5.74, 6) is 0.166. The van der Waals surface area contributed by atoms with Gasteiger partial charge in [0.2, 0.25) is 5.91 Å². The van der Waals surface area contributed by atoms with Crippen molar-refractivity contribution in [2.75, 3.05) is 25.0 Å². The standard InChI is InChI=1S/C18H19BrF3N3O/c19-15-2-1-13-11-23-16(10-14(13)9-15)24-17(26)12-3-6-25(7-4-12)8-5-18(20,21)22/h1-2,9-12H,3-8H2,(H,23,24,26). The molecule has 1 aliphatic heterocycles. The molecule has 1 saturated heterocycles. The van der Waals surface area contributed by atoms with E-state index in [0.717, 1.165) is 15.2 Å². The van der Waals surface area contributed by atoms with Crippen molar-refractivity contribution >= 4 is 38.4 Å². The number of halogens is 4. The molecule has 1 fully saturated rings. The van der Waals surface area contributed by atoms with E-state index in [1.807, 2.05) is 24.3 Å². The topological polar surface area (TPSA) is 45.2 Å². The summed E-state index contributed by atoms with van der Waals surface area (Å²) in [6, 6.07) is 7.63. The molecule has 4 nitrogen and oxygen atoms in total. The van der Waals surface area contributed by atoms with Gasteiger partial charge in [-0.2, -0.15) is 13.2 Å². The summed E-state index contributed by atoms with van der Waals surface area (Å²) in [6.07, 6.45) is -2.12. The lowest BCUT2D eigenvalue weighted by Gasteiger charge is -2.31. The molecular formula is C18H19BrF3N3O. The van der Waals surface area contributed by atoms with Gasteiger partial charge in [-0.25, -0.2) is 4.98 Å². The molecule has 1 aromatic carbocycles. The van der Waals surface area contributed by atoms with E-state index in [0.29, 0.717) is 31.7 Å². The Hall–Kier alpha value is -1.67. The largest absolute Gasteiger partial charge is 0.390 e. The summed E-state index contributed by atoms with van der Waals surface area (Å²) in [4.78, 5) is 18.5. The minimum absolute atomic E-state index is 0.00104. The fraction of sp³-hybridized carbons (Fsp3) is 0.444. The smallest absolute Gasteiger partial charge is 0.310 e. The molecule has 140 valence electrons. The van der Waals surface area contributed by atoms with Crippen LogP contribution in [0.2, 0.25) is 0 Å². The number of aromatic nitrogens is 1. The van der Waals surface area contributed by atoms with Crippen molar-refractivity contribution in [2.45, 2.75) is 25.4 Å². The zero-order valence-corrected chi connectivity index (χ0v) is 15.6. The molecule has 8 heteroatoms. The van der Waals surface area contributed by atoms with Gasteiger partial charge in [0.25, 0.3) is 0 Å². The minimum Gasteiger partial charge on any atom is -0.310 e. The second-order valence-electron chi connectivity index (χ2n) is 6.53. The van der Waals surface area contributed by atoms with Gasteiger partial charge in [-0.3, -0.25) is 4.79 Å². The normalized spacial score (nSPS) is 16.8. The van der Waals surface area contributed by atoms with Crippen molar-refractivity contribution < 1.29 is 18.0 Å². The van der Waals surface area contributed by atoms with Crippen LogP contribution in [-0.4, -0.2) is 41.6 Å². The number of fused-ring (bicyclic) bond motifs is 1. The number of likely N-dealkylation sites (tertiary alicyclic amines) is 1. The molecule has 26 heavy (non-hydrogen) atoms. The Morgan fingerprint density at radius 1 is 1.23 bits per heavy atom. The number of anilines is 1. The Morgan fingerprint density at radius 3 is 2.65 bits per heavy atom. The summed E-state index contributed by atoms with van der Waals surface area (Å²) in [5, 5.41) is 4.77. The summed E-state index contributed by atoms with van der Waals surface area (Å²) in [5.41, 5.74) is 0. The monoisotopic (exact) mass is 429 g/mol. The van der Waals surface area contributed by atoms with Crippen LogP contribution < -0.4 is 5.32 Å². The maximum Gasteiger partial charge on any atom is 0.390 e. The van der Waals surface area contributed by atoms with E-state index in [9.17, 15) is 18.0 Å². The Bertz CT molecular complexity index is 789. The maximum absolute atomic E-state index is 12.4. The van der Waals surface area contributed by atoms with E-state index >= 15 is 0 Å². The van der Waals surface area contributed by atoms with Crippen LogP contribution in [0.1, 0.15) is 19.3 Å². The highest BCUT2D eigenvalue weighted by molar-refractivity contribution is 9.10. The van der Waals surface area contributed by atoms with Crippen LogP contribution in [-0.2, 0) is 4.79 Å². The van der Waals surface area contributed by atoms with E-state index in [1.54, 1.807) is 11.1 Å². The number of nitrogens with one attached hydrogen (secondary N) is 1. The fourth-order valence-electron chi connectivity index (χ4n) is 3.11. The second kappa shape index (κ2) is 7.92. The van der Waals surface area contributed by atoms with Gasteiger partial charge >= 0.3 is 6.18 Å². The first-order valence-electron chi connectivity index (χ1n) is 8.45. The molecule has 0 atom stereocenters. The lowest BCUT2D eigenvalue weighted by molar-refractivity contribution is -0.139. The number of hydrogen-bond donors (Lipinski definition) is 1.